The average Bonchev–Trinajstić information content (AvgIpc) is 2.77. The lowest BCUT2D eigenvalue weighted by Gasteiger charge is -2.17. The highest BCUT2D eigenvalue weighted by Crippen LogP contribution is 2.41. The van der Waals surface area contributed by atoms with Crippen molar-refractivity contribution in [2.24, 2.45) is 0 Å². The van der Waals surface area contributed by atoms with E-state index in [1.54, 1.807) is 23.1 Å². The molecular formula is C10H10ClNS2. The average molecular weight is 244 g/mol. The van der Waals surface area contributed by atoms with Crippen molar-refractivity contribution in [3.05, 3.63) is 21.3 Å². The zero-order chi connectivity index (χ0) is 10.0. The topological polar surface area (TPSA) is 23.8 Å². The number of rotatable bonds is 2. The SMILES string of the molecule is N#CC1(Cc2ccc(Cl)s2)CCCS1. The summed E-state index contributed by atoms with van der Waals surface area (Å²) in [5.74, 6) is 1.12. The Kier molecular flexibility index (Phi) is 3.06. The summed E-state index contributed by atoms with van der Waals surface area (Å²) < 4.78 is 0.643. The van der Waals surface area contributed by atoms with E-state index in [2.05, 4.69) is 6.07 Å². The van der Waals surface area contributed by atoms with Crippen LogP contribution in [0.25, 0.3) is 0 Å². The van der Waals surface area contributed by atoms with Crippen LogP contribution in [-0.4, -0.2) is 10.5 Å². The minimum Gasteiger partial charge on any atom is -0.197 e. The van der Waals surface area contributed by atoms with E-state index in [9.17, 15) is 5.26 Å². The predicted octanol–water partition coefficient (Wildman–Crippen LogP) is 3.73. The van der Waals surface area contributed by atoms with Crippen LogP contribution in [0.5, 0.6) is 0 Å². The first-order chi connectivity index (χ1) is 6.74. The van der Waals surface area contributed by atoms with E-state index in [0.29, 0.717) is 0 Å². The van der Waals surface area contributed by atoms with Crippen molar-refractivity contribution in [1.29, 1.82) is 5.26 Å². The minimum atomic E-state index is -0.172. The lowest BCUT2D eigenvalue weighted by molar-refractivity contribution is 0.677. The molecule has 0 N–H and O–H groups in total. The van der Waals surface area contributed by atoms with Crippen molar-refractivity contribution in [2.45, 2.75) is 24.0 Å². The van der Waals surface area contributed by atoms with Gasteiger partial charge in [-0.15, -0.1) is 23.1 Å². The minimum absolute atomic E-state index is 0.172. The molecule has 4 heteroatoms. The summed E-state index contributed by atoms with van der Waals surface area (Å²) in [6.45, 7) is 0. The molecule has 1 aromatic heterocycles. The van der Waals surface area contributed by atoms with Crippen LogP contribution in [0.1, 0.15) is 17.7 Å². The number of thioether (sulfide) groups is 1. The van der Waals surface area contributed by atoms with E-state index in [0.717, 1.165) is 29.4 Å². The first-order valence-electron chi connectivity index (χ1n) is 4.53. The third-order valence-electron chi connectivity index (χ3n) is 2.40. The molecule has 0 aliphatic carbocycles. The van der Waals surface area contributed by atoms with Gasteiger partial charge in [-0.1, -0.05) is 11.6 Å². The Morgan fingerprint density at radius 2 is 2.43 bits per heavy atom. The highest BCUT2D eigenvalue weighted by atomic mass is 35.5. The maximum absolute atomic E-state index is 9.19. The van der Waals surface area contributed by atoms with Gasteiger partial charge in [-0.2, -0.15) is 5.26 Å². The van der Waals surface area contributed by atoms with Gasteiger partial charge in [0.15, 0.2) is 0 Å². The Hall–Kier alpha value is -0.170. The molecular weight excluding hydrogens is 234 g/mol. The van der Waals surface area contributed by atoms with Crippen LogP contribution in [0.4, 0.5) is 0 Å². The maximum atomic E-state index is 9.19. The van der Waals surface area contributed by atoms with Gasteiger partial charge in [0.25, 0.3) is 0 Å². The molecule has 1 fully saturated rings. The molecule has 0 aromatic carbocycles. The molecule has 1 atom stereocenters. The van der Waals surface area contributed by atoms with Gasteiger partial charge in [0.2, 0.25) is 0 Å². The summed E-state index contributed by atoms with van der Waals surface area (Å²) in [4.78, 5) is 1.23. The van der Waals surface area contributed by atoms with Crippen LogP contribution in [-0.2, 0) is 6.42 Å². The Balaban J connectivity index is 2.13. The maximum Gasteiger partial charge on any atom is 0.107 e. The molecule has 1 saturated heterocycles. The third kappa shape index (κ3) is 2.08. The molecule has 0 bridgehead atoms. The van der Waals surface area contributed by atoms with E-state index in [1.807, 2.05) is 12.1 Å². The lowest BCUT2D eigenvalue weighted by atomic mass is 10.0. The number of hydrogen-bond donors (Lipinski definition) is 0. The molecule has 0 saturated carbocycles. The first-order valence-corrected chi connectivity index (χ1v) is 6.72. The van der Waals surface area contributed by atoms with Crippen LogP contribution >= 0.6 is 34.7 Å². The normalized spacial score (nSPS) is 26.3. The third-order valence-corrected chi connectivity index (χ3v) is 5.11. The smallest absolute Gasteiger partial charge is 0.107 e. The number of nitriles is 1. The zero-order valence-corrected chi connectivity index (χ0v) is 10.0. The second kappa shape index (κ2) is 4.14. The lowest BCUT2D eigenvalue weighted by Crippen LogP contribution is -2.20. The van der Waals surface area contributed by atoms with Gasteiger partial charge in [0, 0.05) is 11.3 Å². The van der Waals surface area contributed by atoms with Gasteiger partial charge in [0.1, 0.15) is 4.75 Å². The fourth-order valence-electron chi connectivity index (χ4n) is 1.69. The molecule has 1 unspecified atom stereocenters. The Morgan fingerprint density at radius 1 is 1.57 bits per heavy atom. The fraction of sp³-hybridized carbons (Fsp3) is 0.500. The highest BCUT2D eigenvalue weighted by Gasteiger charge is 2.35. The summed E-state index contributed by atoms with van der Waals surface area (Å²) in [6.07, 6.45) is 3.03. The largest absolute Gasteiger partial charge is 0.197 e. The summed E-state index contributed by atoms with van der Waals surface area (Å²) in [5.41, 5.74) is 0. The molecule has 1 aromatic rings. The number of hydrogen-bond acceptors (Lipinski definition) is 3. The van der Waals surface area contributed by atoms with E-state index < -0.39 is 0 Å². The summed E-state index contributed by atoms with van der Waals surface area (Å²) >= 11 is 9.25. The standard InChI is InChI=1S/C10H10ClNS2/c11-9-3-2-8(14-9)6-10(7-12)4-1-5-13-10/h2-3H,1,4-6H2. The second-order valence-electron chi connectivity index (χ2n) is 3.44. The van der Waals surface area contributed by atoms with Crippen molar-refractivity contribution < 1.29 is 0 Å². The summed E-state index contributed by atoms with van der Waals surface area (Å²) in [6, 6.07) is 6.40. The molecule has 74 valence electrons. The zero-order valence-electron chi connectivity index (χ0n) is 7.62. The molecule has 2 heterocycles. The molecule has 14 heavy (non-hydrogen) atoms. The molecule has 1 aliphatic rings. The summed E-state index contributed by atoms with van der Waals surface area (Å²) in [5, 5.41) is 9.19. The number of thiophene rings is 1. The fourth-order valence-corrected chi connectivity index (χ4v) is 4.28. The molecule has 0 radical (unpaired) electrons. The first kappa shape index (κ1) is 10.4. The van der Waals surface area contributed by atoms with E-state index in [4.69, 9.17) is 11.6 Å². The van der Waals surface area contributed by atoms with E-state index in [1.165, 1.54) is 4.88 Å². The van der Waals surface area contributed by atoms with Crippen molar-refractivity contribution in [3.8, 4) is 6.07 Å². The van der Waals surface area contributed by atoms with Gasteiger partial charge in [-0.05, 0) is 30.7 Å². The van der Waals surface area contributed by atoms with Gasteiger partial charge >= 0.3 is 0 Å². The number of nitrogens with zero attached hydrogens (tertiary/aromatic N) is 1. The predicted molar refractivity (Wildman–Crippen MR) is 63.1 cm³/mol. The van der Waals surface area contributed by atoms with Crippen molar-refractivity contribution in [2.75, 3.05) is 5.75 Å². The Morgan fingerprint density at radius 3 is 2.93 bits per heavy atom. The summed E-state index contributed by atoms with van der Waals surface area (Å²) in [7, 11) is 0. The Labute approximate surface area is 97.1 Å². The van der Waals surface area contributed by atoms with Crippen molar-refractivity contribution >= 4 is 34.7 Å². The van der Waals surface area contributed by atoms with Crippen molar-refractivity contribution in [3.63, 3.8) is 0 Å². The quantitative estimate of drug-likeness (QED) is 0.790. The highest BCUT2D eigenvalue weighted by molar-refractivity contribution is 8.01. The molecule has 1 aliphatic heterocycles. The van der Waals surface area contributed by atoms with E-state index >= 15 is 0 Å². The van der Waals surface area contributed by atoms with Crippen LogP contribution in [0, 0.1) is 11.3 Å². The second-order valence-corrected chi connectivity index (χ2v) is 6.72. The van der Waals surface area contributed by atoms with Gasteiger partial charge in [-0.25, -0.2) is 0 Å². The van der Waals surface area contributed by atoms with Crippen LogP contribution in [0.2, 0.25) is 4.34 Å². The monoisotopic (exact) mass is 243 g/mol. The van der Waals surface area contributed by atoms with Crippen LogP contribution < -0.4 is 0 Å². The molecule has 0 spiro atoms. The van der Waals surface area contributed by atoms with Gasteiger partial charge in [-0.3, -0.25) is 0 Å². The Bertz CT molecular complexity index is 360. The van der Waals surface area contributed by atoms with Gasteiger partial charge < -0.3 is 0 Å². The molecule has 2 rings (SSSR count). The number of halogens is 1. The molecule has 1 nitrogen and oxygen atoms in total. The van der Waals surface area contributed by atoms with E-state index in [-0.39, 0.29) is 4.75 Å². The molecule has 0 amide bonds. The van der Waals surface area contributed by atoms with Crippen LogP contribution in [0.3, 0.4) is 0 Å². The van der Waals surface area contributed by atoms with Crippen molar-refractivity contribution in [1.82, 2.24) is 0 Å². The van der Waals surface area contributed by atoms with Crippen LogP contribution in [0.15, 0.2) is 12.1 Å². The van der Waals surface area contributed by atoms with Gasteiger partial charge in [0.05, 0.1) is 10.4 Å².